The highest BCUT2D eigenvalue weighted by atomic mass is 16.5. The van der Waals surface area contributed by atoms with Gasteiger partial charge in [0.2, 0.25) is 5.89 Å². The zero-order chi connectivity index (χ0) is 16.6. The third-order valence-electron chi connectivity index (χ3n) is 5.11. The number of benzene rings is 1. The fourth-order valence-corrected chi connectivity index (χ4v) is 3.58. The molecule has 0 saturated heterocycles. The molecule has 5 heteroatoms. The van der Waals surface area contributed by atoms with E-state index in [0.29, 0.717) is 30.5 Å². The van der Waals surface area contributed by atoms with Crippen LogP contribution in [0.1, 0.15) is 71.7 Å². The minimum atomic E-state index is 0.526. The van der Waals surface area contributed by atoms with Crippen molar-refractivity contribution in [2.24, 2.45) is 0 Å². The van der Waals surface area contributed by atoms with Crippen LogP contribution in [0.4, 0.5) is 0 Å². The standard InChI is InChI=1S/C20H21N3O2/c1-2-4-16-9-13(5-6-14(16)3-1)10-19-22-18(23-25-19)11-17-12-21-20(24-17)15-7-8-15/h5-6,9,12,15H,1-4,7-8,10-11H2. The predicted octanol–water partition coefficient (Wildman–Crippen LogP) is 4.00. The van der Waals surface area contributed by atoms with Crippen molar-refractivity contribution < 1.29 is 8.94 Å². The van der Waals surface area contributed by atoms with Gasteiger partial charge in [0.25, 0.3) is 0 Å². The molecule has 25 heavy (non-hydrogen) atoms. The zero-order valence-electron chi connectivity index (χ0n) is 14.2. The second kappa shape index (κ2) is 6.14. The average Bonchev–Trinajstić information content (AvgIpc) is 3.23. The monoisotopic (exact) mass is 335 g/mol. The first kappa shape index (κ1) is 14.9. The maximum atomic E-state index is 5.77. The fraction of sp³-hybridized carbons (Fsp3) is 0.450. The molecule has 0 aliphatic heterocycles. The summed E-state index contributed by atoms with van der Waals surface area (Å²) in [7, 11) is 0. The first-order valence-electron chi connectivity index (χ1n) is 9.20. The third kappa shape index (κ3) is 3.23. The number of nitrogens with zero attached hydrogens (tertiary/aromatic N) is 3. The molecule has 0 bridgehead atoms. The molecule has 1 aromatic carbocycles. The normalized spacial score (nSPS) is 16.8. The second-order valence-corrected chi connectivity index (χ2v) is 7.21. The van der Waals surface area contributed by atoms with Gasteiger partial charge in [-0.1, -0.05) is 23.4 Å². The van der Waals surface area contributed by atoms with Crippen LogP contribution in [0.2, 0.25) is 0 Å². The molecule has 0 unspecified atom stereocenters. The summed E-state index contributed by atoms with van der Waals surface area (Å²) in [6.45, 7) is 0. The van der Waals surface area contributed by atoms with Crippen LogP contribution >= 0.6 is 0 Å². The van der Waals surface area contributed by atoms with Crippen molar-refractivity contribution in [1.82, 2.24) is 15.1 Å². The fourth-order valence-electron chi connectivity index (χ4n) is 3.58. The van der Waals surface area contributed by atoms with Crippen molar-refractivity contribution in [3.8, 4) is 0 Å². The summed E-state index contributed by atoms with van der Waals surface area (Å²) in [5, 5.41) is 4.09. The Labute approximate surface area is 146 Å². The molecule has 128 valence electrons. The van der Waals surface area contributed by atoms with Gasteiger partial charge in [-0.2, -0.15) is 4.98 Å². The van der Waals surface area contributed by atoms with Gasteiger partial charge in [-0.15, -0.1) is 0 Å². The lowest BCUT2D eigenvalue weighted by Crippen LogP contribution is -2.03. The van der Waals surface area contributed by atoms with Crippen LogP contribution < -0.4 is 0 Å². The number of oxazole rings is 1. The zero-order valence-corrected chi connectivity index (χ0v) is 14.2. The number of hydrogen-bond acceptors (Lipinski definition) is 5. The van der Waals surface area contributed by atoms with Crippen molar-refractivity contribution in [1.29, 1.82) is 0 Å². The number of aromatic nitrogens is 3. The van der Waals surface area contributed by atoms with E-state index in [4.69, 9.17) is 8.94 Å². The van der Waals surface area contributed by atoms with E-state index < -0.39 is 0 Å². The summed E-state index contributed by atoms with van der Waals surface area (Å²) in [4.78, 5) is 8.85. The number of aryl methyl sites for hydroxylation is 2. The minimum Gasteiger partial charge on any atom is -0.445 e. The molecule has 2 aliphatic carbocycles. The number of hydrogen-bond donors (Lipinski definition) is 0. The predicted molar refractivity (Wildman–Crippen MR) is 91.5 cm³/mol. The Kier molecular flexibility index (Phi) is 3.65. The molecule has 2 aromatic heterocycles. The number of fused-ring (bicyclic) bond motifs is 1. The molecule has 0 N–H and O–H groups in total. The van der Waals surface area contributed by atoms with Crippen molar-refractivity contribution in [2.45, 2.75) is 57.3 Å². The molecular weight excluding hydrogens is 314 g/mol. The summed E-state index contributed by atoms with van der Waals surface area (Å²) >= 11 is 0. The summed E-state index contributed by atoms with van der Waals surface area (Å²) in [5.41, 5.74) is 4.22. The van der Waals surface area contributed by atoms with E-state index in [1.54, 1.807) is 6.20 Å². The quantitative estimate of drug-likeness (QED) is 0.705. The van der Waals surface area contributed by atoms with Gasteiger partial charge in [-0.3, -0.25) is 0 Å². The van der Waals surface area contributed by atoms with Crippen LogP contribution in [0.25, 0.3) is 0 Å². The topological polar surface area (TPSA) is 65.0 Å². The van der Waals surface area contributed by atoms with Crippen molar-refractivity contribution in [3.05, 3.63) is 64.5 Å². The van der Waals surface area contributed by atoms with E-state index in [0.717, 1.165) is 11.7 Å². The van der Waals surface area contributed by atoms with Crippen molar-refractivity contribution >= 4 is 0 Å². The maximum Gasteiger partial charge on any atom is 0.231 e. The van der Waals surface area contributed by atoms with Gasteiger partial charge in [0.15, 0.2) is 11.7 Å². The molecule has 0 atom stereocenters. The third-order valence-corrected chi connectivity index (χ3v) is 5.11. The van der Waals surface area contributed by atoms with Gasteiger partial charge >= 0.3 is 0 Å². The van der Waals surface area contributed by atoms with Crippen LogP contribution in [0.5, 0.6) is 0 Å². The molecule has 2 aliphatic rings. The van der Waals surface area contributed by atoms with E-state index in [9.17, 15) is 0 Å². The Morgan fingerprint density at radius 3 is 2.80 bits per heavy atom. The highest BCUT2D eigenvalue weighted by molar-refractivity contribution is 5.34. The molecular formula is C20H21N3O2. The van der Waals surface area contributed by atoms with Crippen LogP contribution in [-0.2, 0) is 25.7 Å². The van der Waals surface area contributed by atoms with E-state index in [1.165, 1.54) is 55.2 Å². The van der Waals surface area contributed by atoms with Gasteiger partial charge < -0.3 is 8.94 Å². The SMILES string of the molecule is c1cc2c(cc1Cc1nc(Cc3cnc(C4CC4)o3)no1)CCCC2. The molecule has 2 heterocycles. The van der Waals surface area contributed by atoms with Gasteiger partial charge in [0.1, 0.15) is 5.76 Å². The highest BCUT2D eigenvalue weighted by Crippen LogP contribution is 2.39. The maximum absolute atomic E-state index is 5.77. The van der Waals surface area contributed by atoms with Gasteiger partial charge in [-0.05, 0) is 55.2 Å². The average molecular weight is 335 g/mol. The van der Waals surface area contributed by atoms with E-state index in [2.05, 4.69) is 33.3 Å². The first-order chi connectivity index (χ1) is 12.3. The highest BCUT2D eigenvalue weighted by Gasteiger charge is 2.28. The van der Waals surface area contributed by atoms with Crippen LogP contribution in [0, 0.1) is 0 Å². The van der Waals surface area contributed by atoms with Crippen LogP contribution in [-0.4, -0.2) is 15.1 Å². The Bertz CT molecular complexity index is 892. The summed E-state index contributed by atoms with van der Waals surface area (Å²) in [5.74, 6) is 3.51. The first-order valence-corrected chi connectivity index (χ1v) is 9.20. The summed E-state index contributed by atoms with van der Waals surface area (Å²) in [6, 6.07) is 6.75. The number of rotatable bonds is 5. The lowest BCUT2D eigenvalue weighted by atomic mass is 9.90. The Morgan fingerprint density at radius 2 is 1.92 bits per heavy atom. The molecule has 5 rings (SSSR count). The molecule has 0 amide bonds. The van der Waals surface area contributed by atoms with Crippen LogP contribution in [0.15, 0.2) is 33.3 Å². The molecule has 0 spiro atoms. The molecule has 1 saturated carbocycles. The molecule has 3 aromatic rings. The Morgan fingerprint density at radius 1 is 1.04 bits per heavy atom. The lowest BCUT2D eigenvalue weighted by molar-refractivity contribution is 0.378. The van der Waals surface area contributed by atoms with Gasteiger partial charge in [0.05, 0.1) is 19.0 Å². The van der Waals surface area contributed by atoms with Crippen LogP contribution in [0.3, 0.4) is 0 Å². The summed E-state index contributed by atoms with van der Waals surface area (Å²) < 4.78 is 11.2. The second-order valence-electron chi connectivity index (χ2n) is 7.21. The van der Waals surface area contributed by atoms with Crippen molar-refractivity contribution in [2.75, 3.05) is 0 Å². The summed E-state index contributed by atoms with van der Waals surface area (Å²) in [6.07, 6.45) is 10.4. The van der Waals surface area contributed by atoms with Gasteiger partial charge in [0, 0.05) is 5.92 Å². The van der Waals surface area contributed by atoms with E-state index in [1.807, 2.05) is 0 Å². The smallest absolute Gasteiger partial charge is 0.231 e. The lowest BCUT2D eigenvalue weighted by Gasteiger charge is -2.16. The van der Waals surface area contributed by atoms with E-state index in [-0.39, 0.29) is 0 Å². The van der Waals surface area contributed by atoms with E-state index >= 15 is 0 Å². The van der Waals surface area contributed by atoms with Crippen molar-refractivity contribution in [3.63, 3.8) is 0 Å². The minimum absolute atomic E-state index is 0.526. The molecule has 5 nitrogen and oxygen atoms in total. The van der Waals surface area contributed by atoms with Gasteiger partial charge in [-0.25, -0.2) is 4.98 Å². The molecule has 1 fully saturated rings. The largest absolute Gasteiger partial charge is 0.445 e. The Balaban J connectivity index is 1.27. The molecule has 0 radical (unpaired) electrons. The Hall–Kier alpha value is -2.43.